The number of benzene rings is 1. The van der Waals surface area contributed by atoms with E-state index in [1.54, 1.807) is 6.92 Å². The number of alkyl halides is 6. The zero-order valence-corrected chi connectivity index (χ0v) is 24.5. The number of nitrogens with one attached hydrogen (secondary N) is 1. The zero-order chi connectivity index (χ0) is 31.2. The van der Waals surface area contributed by atoms with Crippen LogP contribution in [0, 0.1) is 5.41 Å². The van der Waals surface area contributed by atoms with Crippen molar-refractivity contribution in [1.82, 2.24) is 15.1 Å². The van der Waals surface area contributed by atoms with Crippen molar-refractivity contribution in [2.45, 2.75) is 82.6 Å². The fourth-order valence-electron chi connectivity index (χ4n) is 4.89. The Kier molecular flexibility index (Phi) is 9.23. The fraction of sp³-hybridized carbons (Fsp3) is 0.615. The molecule has 1 amide bonds. The van der Waals surface area contributed by atoms with Crippen molar-refractivity contribution in [2.24, 2.45) is 5.41 Å². The highest BCUT2D eigenvalue weighted by Crippen LogP contribution is 2.44. The van der Waals surface area contributed by atoms with E-state index in [9.17, 15) is 44.7 Å². The van der Waals surface area contributed by atoms with Gasteiger partial charge in [-0.1, -0.05) is 37.6 Å². The molecule has 1 fully saturated rings. The molecule has 41 heavy (non-hydrogen) atoms. The number of halogens is 7. The highest BCUT2D eigenvalue weighted by molar-refractivity contribution is 7.91. The van der Waals surface area contributed by atoms with Crippen molar-refractivity contribution >= 4 is 27.3 Å². The van der Waals surface area contributed by atoms with Crippen molar-refractivity contribution < 1.29 is 44.7 Å². The van der Waals surface area contributed by atoms with Crippen LogP contribution in [-0.2, 0) is 29.0 Å². The van der Waals surface area contributed by atoms with E-state index in [-0.39, 0.29) is 50.0 Å². The number of rotatable bonds is 8. The van der Waals surface area contributed by atoms with Gasteiger partial charge in [-0.25, -0.2) is 8.42 Å². The summed E-state index contributed by atoms with van der Waals surface area (Å²) in [7, 11) is -3.28. The molecule has 0 spiro atoms. The first-order valence-electron chi connectivity index (χ1n) is 12.8. The fourth-order valence-corrected chi connectivity index (χ4v) is 6.30. The Hall–Kier alpha value is -2.32. The molecule has 7 nitrogen and oxygen atoms in total. The van der Waals surface area contributed by atoms with Crippen molar-refractivity contribution in [2.75, 3.05) is 12.8 Å². The Balaban J connectivity index is 1.91. The van der Waals surface area contributed by atoms with Crippen LogP contribution < -0.4 is 5.32 Å². The lowest BCUT2D eigenvalue weighted by Gasteiger charge is -2.35. The monoisotopic (exact) mass is 631 g/mol. The molecular weight excluding hydrogens is 600 g/mol. The Morgan fingerprint density at radius 3 is 2.24 bits per heavy atom. The van der Waals surface area contributed by atoms with Crippen LogP contribution in [-0.4, -0.2) is 59.0 Å². The lowest BCUT2D eigenvalue weighted by molar-refractivity contribution is -0.211. The molecule has 0 saturated heterocycles. The summed E-state index contributed by atoms with van der Waals surface area (Å²) in [4.78, 5) is 13.0. The summed E-state index contributed by atoms with van der Waals surface area (Å²) in [5, 5.41) is 16.4. The lowest BCUT2D eigenvalue weighted by Crippen LogP contribution is -2.47. The third kappa shape index (κ3) is 7.37. The third-order valence-electron chi connectivity index (χ3n) is 7.51. The van der Waals surface area contributed by atoms with Gasteiger partial charge in [0.1, 0.15) is 9.84 Å². The van der Waals surface area contributed by atoms with Crippen LogP contribution in [0.2, 0.25) is 5.02 Å². The Morgan fingerprint density at radius 1 is 1.17 bits per heavy atom. The maximum atomic E-state index is 14.1. The molecule has 1 aromatic heterocycles. The maximum Gasteiger partial charge on any atom is 0.417 e. The molecule has 2 aromatic rings. The van der Waals surface area contributed by atoms with Crippen molar-refractivity contribution in [3.8, 4) is 11.3 Å². The summed E-state index contributed by atoms with van der Waals surface area (Å²) in [5.41, 5.74) is -6.16. The van der Waals surface area contributed by atoms with Crippen molar-refractivity contribution in [3.05, 3.63) is 40.0 Å². The SMILES string of the molecule is CCn1nc(C(=O)NC[C@]2(O)CC[C@@H](S(C)(=O)=O)CC2)c(Cl)c1-c1ccc(CC(C)(C)C(F)(F)F)cc1C(F)(F)F. The van der Waals surface area contributed by atoms with Gasteiger partial charge >= 0.3 is 12.4 Å². The molecule has 230 valence electrons. The number of carbonyl (C=O) groups excluding carboxylic acids is 1. The predicted molar refractivity (Wildman–Crippen MR) is 141 cm³/mol. The van der Waals surface area contributed by atoms with Gasteiger partial charge in [-0.3, -0.25) is 9.48 Å². The number of aryl methyl sites for hydroxylation is 1. The standard InChI is InChI=1S/C26H32ClF6N3O4S/c1-5-36-21(17-7-6-15(12-18(17)25(28,29)30)13-23(2,3)26(31,32)33)19(27)20(35-36)22(37)34-14-24(38)10-8-16(9-11-24)41(4,39)40/h6-7,12,16,38H,5,8-11,13-14H2,1-4H3,(H,34,37)/t16-,24+. The van der Waals surface area contributed by atoms with E-state index >= 15 is 0 Å². The van der Waals surface area contributed by atoms with Crippen LogP contribution in [0.3, 0.4) is 0 Å². The summed E-state index contributed by atoms with van der Waals surface area (Å²) in [6, 6.07) is 2.82. The quantitative estimate of drug-likeness (QED) is 0.358. The zero-order valence-electron chi connectivity index (χ0n) is 22.9. The van der Waals surface area contributed by atoms with Crippen molar-refractivity contribution in [3.63, 3.8) is 0 Å². The largest absolute Gasteiger partial charge is 0.417 e. The smallest absolute Gasteiger partial charge is 0.388 e. The molecule has 3 rings (SSSR count). The first-order valence-corrected chi connectivity index (χ1v) is 15.2. The molecule has 0 unspecified atom stereocenters. The minimum absolute atomic E-state index is 0.0132. The molecule has 0 atom stereocenters. The van der Waals surface area contributed by atoms with Gasteiger partial charge in [0.25, 0.3) is 5.91 Å². The summed E-state index contributed by atoms with van der Waals surface area (Å²) in [6.45, 7) is 3.11. The number of nitrogens with zero attached hydrogens (tertiary/aromatic N) is 2. The van der Waals surface area contributed by atoms with Crippen LogP contribution in [0.1, 0.15) is 68.1 Å². The van der Waals surface area contributed by atoms with E-state index in [0.29, 0.717) is 6.07 Å². The summed E-state index contributed by atoms with van der Waals surface area (Å²) < 4.78 is 107. The molecular formula is C26H32ClF6N3O4S. The number of hydrogen-bond donors (Lipinski definition) is 2. The van der Waals surface area contributed by atoms with Crippen LogP contribution >= 0.6 is 11.6 Å². The number of carbonyl (C=O) groups is 1. The van der Waals surface area contributed by atoms with Crippen molar-refractivity contribution in [1.29, 1.82) is 0 Å². The summed E-state index contributed by atoms with van der Waals surface area (Å²) >= 11 is 6.40. The molecule has 15 heteroatoms. The first-order chi connectivity index (χ1) is 18.6. The maximum absolute atomic E-state index is 14.1. The topological polar surface area (TPSA) is 101 Å². The third-order valence-corrected chi connectivity index (χ3v) is 9.55. The van der Waals surface area contributed by atoms with Gasteiger partial charge < -0.3 is 10.4 Å². The number of amides is 1. The van der Waals surface area contributed by atoms with Gasteiger partial charge in [0.05, 0.1) is 32.5 Å². The van der Waals surface area contributed by atoms with Gasteiger partial charge in [-0.2, -0.15) is 31.4 Å². The normalized spacial score (nSPS) is 20.7. The lowest BCUT2D eigenvalue weighted by atomic mass is 9.84. The number of hydrogen-bond acceptors (Lipinski definition) is 5. The number of sulfone groups is 1. The van der Waals surface area contributed by atoms with E-state index in [2.05, 4.69) is 10.4 Å². The average molecular weight is 632 g/mol. The van der Waals surface area contributed by atoms with E-state index in [0.717, 1.165) is 36.9 Å². The van der Waals surface area contributed by atoms with Gasteiger partial charge in [0.15, 0.2) is 5.69 Å². The molecule has 2 N–H and O–H groups in total. The van der Waals surface area contributed by atoms with E-state index in [1.165, 1.54) is 0 Å². The van der Waals surface area contributed by atoms with Gasteiger partial charge in [0, 0.05) is 24.9 Å². The van der Waals surface area contributed by atoms with E-state index in [4.69, 9.17) is 11.6 Å². The molecule has 1 heterocycles. The van der Waals surface area contributed by atoms with Gasteiger partial charge in [0.2, 0.25) is 0 Å². The minimum atomic E-state index is -4.96. The molecule has 0 aliphatic heterocycles. The molecule has 1 aromatic carbocycles. The summed E-state index contributed by atoms with van der Waals surface area (Å²) in [5.74, 6) is -0.862. The molecule has 1 aliphatic rings. The second-order valence-electron chi connectivity index (χ2n) is 11.2. The van der Waals surface area contributed by atoms with Gasteiger partial charge in [-0.05, 0) is 50.7 Å². The molecule has 1 aliphatic carbocycles. The molecule has 1 saturated carbocycles. The number of aromatic nitrogens is 2. The van der Waals surface area contributed by atoms with Crippen LogP contribution in [0.25, 0.3) is 11.3 Å². The number of aliphatic hydroxyl groups is 1. The second-order valence-corrected chi connectivity index (χ2v) is 13.9. The minimum Gasteiger partial charge on any atom is -0.388 e. The predicted octanol–water partition coefficient (Wildman–Crippen LogP) is 5.82. The highest BCUT2D eigenvalue weighted by atomic mass is 35.5. The van der Waals surface area contributed by atoms with E-state index < -0.39 is 72.6 Å². The van der Waals surface area contributed by atoms with E-state index in [1.807, 2.05) is 0 Å². The first kappa shape index (κ1) is 33.2. The Bertz CT molecular complexity index is 1400. The molecule has 0 radical (unpaired) electrons. The molecule has 0 bridgehead atoms. The van der Waals surface area contributed by atoms with Crippen LogP contribution in [0.15, 0.2) is 18.2 Å². The Morgan fingerprint density at radius 2 is 1.76 bits per heavy atom. The Labute approximate surface area is 239 Å². The highest BCUT2D eigenvalue weighted by Gasteiger charge is 2.47. The van der Waals surface area contributed by atoms with Crippen LogP contribution in [0.4, 0.5) is 26.3 Å². The second kappa shape index (κ2) is 11.4. The average Bonchev–Trinajstić information content (AvgIpc) is 3.17. The van der Waals surface area contributed by atoms with Crippen LogP contribution in [0.5, 0.6) is 0 Å². The van der Waals surface area contributed by atoms with Gasteiger partial charge in [-0.15, -0.1) is 0 Å². The summed E-state index contributed by atoms with van der Waals surface area (Å²) in [6.07, 6.45) is -8.54.